The Kier molecular flexibility index (Phi) is 16.4. The van der Waals surface area contributed by atoms with Crippen LogP contribution in [-0.4, -0.2) is 10.3 Å². The van der Waals surface area contributed by atoms with Gasteiger partial charge in [-0.05, 0) is 18.6 Å². The molecule has 0 aliphatic rings. The van der Waals surface area contributed by atoms with Gasteiger partial charge in [0, 0.05) is 4.58 Å². The average molecular weight is 291 g/mol. The smallest absolute Gasteiger partial charge is 0.0472 e. The molecule has 0 radical (unpaired) electrons. The van der Waals surface area contributed by atoms with Crippen molar-refractivity contribution >= 4 is 24.4 Å². The maximum absolute atomic E-state index is 4.68. The van der Waals surface area contributed by atoms with E-state index in [0.29, 0.717) is 4.58 Å². The van der Waals surface area contributed by atoms with Crippen LogP contribution in [0.25, 0.3) is 0 Å². The zero-order valence-electron chi connectivity index (χ0n) is 12.6. The molecule has 0 aliphatic heterocycles. The molecule has 0 heterocycles. The first-order valence-electron chi connectivity index (χ1n) is 8.11. The quantitative estimate of drug-likeness (QED) is 0.211. The molecule has 0 spiro atoms. The second-order valence-electron chi connectivity index (χ2n) is 5.30. The molecular weight excluding hydrogens is 256 g/mol. The van der Waals surface area contributed by atoms with E-state index in [1.165, 1.54) is 82.8 Å². The van der Waals surface area contributed by atoms with E-state index in [0.717, 1.165) is 0 Å². The summed E-state index contributed by atoms with van der Waals surface area (Å²) in [6.07, 6.45) is 16.7. The largest absolute Gasteiger partial charge is 0.165 e. The lowest BCUT2D eigenvalue weighted by Crippen LogP contribution is -1.95. The summed E-state index contributed by atoms with van der Waals surface area (Å²) < 4.78 is 0.585. The van der Waals surface area contributed by atoms with Gasteiger partial charge < -0.3 is 0 Å². The van der Waals surface area contributed by atoms with Crippen LogP contribution in [0.3, 0.4) is 0 Å². The number of thiol groups is 1. The summed E-state index contributed by atoms with van der Waals surface area (Å²) in [4.78, 5) is 0. The Labute approximate surface area is 125 Å². The van der Waals surface area contributed by atoms with Crippen molar-refractivity contribution in [2.24, 2.45) is 0 Å². The van der Waals surface area contributed by atoms with Gasteiger partial charge in [-0.15, -0.1) is 11.8 Å². The van der Waals surface area contributed by atoms with Gasteiger partial charge in [0.1, 0.15) is 0 Å². The van der Waals surface area contributed by atoms with Gasteiger partial charge >= 0.3 is 0 Å². The number of hydrogen-bond donors (Lipinski definition) is 1. The summed E-state index contributed by atoms with van der Waals surface area (Å²) in [5, 5.41) is 0. The van der Waals surface area contributed by atoms with Gasteiger partial charge in [0.25, 0.3) is 0 Å². The lowest BCUT2D eigenvalue weighted by Gasteiger charge is -2.10. The van der Waals surface area contributed by atoms with E-state index in [1.54, 1.807) is 0 Å². The molecule has 0 N–H and O–H groups in total. The first-order valence-corrected chi connectivity index (χ1v) is 9.67. The van der Waals surface area contributed by atoms with Crippen LogP contribution in [-0.2, 0) is 0 Å². The molecule has 0 aromatic rings. The lowest BCUT2D eigenvalue weighted by atomic mass is 10.1. The highest BCUT2D eigenvalue weighted by molar-refractivity contribution is 8.10. The molecule has 0 aliphatic carbocycles. The van der Waals surface area contributed by atoms with Gasteiger partial charge in [-0.3, -0.25) is 0 Å². The number of unbranched alkanes of at least 4 members (excludes halogenated alkanes) is 9. The molecule has 1 unspecified atom stereocenters. The third kappa shape index (κ3) is 14.8. The Morgan fingerprint density at radius 3 is 1.83 bits per heavy atom. The van der Waals surface area contributed by atoms with Crippen LogP contribution in [0.1, 0.15) is 90.9 Å². The Balaban J connectivity index is 3.09. The van der Waals surface area contributed by atoms with E-state index in [9.17, 15) is 0 Å². The van der Waals surface area contributed by atoms with Crippen LogP contribution in [0, 0.1) is 0 Å². The van der Waals surface area contributed by atoms with E-state index in [2.05, 4.69) is 38.2 Å². The van der Waals surface area contributed by atoms with Crippen molar-refractivity contribution in [3.8, 4) is 0 Å². The van der Waals surface area contributed by atoms with E-state index in [-0.39, 0.29) is 0 Å². The molecule has 0 bridgehead atoms. The average Bonchev–Trinajstić information content (AvgIpc) is 2.37. The molecule has 2 heteroatoms. The number of thioether (sulfide) groups is 1. The van der Waals surface area contributed by atoms with Crippen LogP contribution < -0.4 is 0 Å². The fourth-order valence-electron chi connectivity index (χ4n) is 2.11. The fraction of sp³-hybridized carbons (Fsp3) is 1.00. The van der Waals surface area contributed by atoms with Crippen LogP contribution in [0.2, 0.25) is 0 Å². The van der Waals surface area contributed by atoms with Crippen molar-refractivity contribution in [1.82, 2.24) is 0 Å². The Morgan fingerprint density at radius 2 is 1.22 bits per heavy atom. The van der Waals surface area contributed by atoms with Crippen LogP contribution in [0.4, 0.5) is 0 Å². The van der Waals surface area contributed by atoms with Gasteiger partial charge in [-0.2, -0.15) is 12.6 Å². The summed E-state index contributed by atoms with van der Waals surface area (Å²) in [5.74, 6) is 1.31. The highest BCUT2D eigenvalue weighted by atomic mass is 32.2. The molecule has 1 atom stereocenters. The molecule has 0 saturated carbocycles. The molecule has 0 aromatic heterocycles. The van der Waals surface area contributed by atoms with E-state index < -0.39 is 0 Å². The molecule has 0 saturated heterocycles. The van der Waals surface area contributed by atoms with Crippen molar-refractivity contribution in [2.45, 2.75) is 95.5 Å². The Bertz CT molecular complexity index is 148. The maximum Gasteiger partial charge on any atom is 0.0472 e. The van der Waals surface area contributed by atoms with Crippen molar-refractivity contribution in [3.05, 3.63) is 0 Å². The molecule has 110 valence electrons. The van der Waals surface area contributed by atoms with Gasteiger partial charge in [0.05, 0.1) is 0 Å². The Morgan fingerprint density at radius 1 is 0.722 bits per heavy atom. The predicted octanol–water partition coefficient (Wildman–Crippen LogP) is 6.70. The zero-order valence-corrected chi connectivity index (χ0v) is 14.3. The fourth-order valence-corrected chi connectivity index (χ4v) is 3.58. The lowest BCUT2D eigenvalue weighted by molar-refractivity contribution is 0.620. The van der Waals surface area contributed by atoms with Crippen molar-refractivity contribution in [3.63, 3.8) is 0 Å². The topological polar surface area (TPSA) is 0 Å². The van der Waals surface area contributed by atoms with Gasteiger partial charge in [0.2, 0.25) is 0 Å². The highest BCUT2D eigenvalue weighted by Crippen LogP contribution is 2.23. The first kappa shape index (κ1) is 18.7. The number of rotatable bonds is 14. The summed E-state index contributed by atoms with van der Waals surface area (Å²) in [7, 11) is 0. The van der Waals surface area contributed by atoms with E-state index in [1.807, 2.05) is 0 Å². The highest BCUT2D eigenvalue weighted by Gasteiger charge is 2.02. The second-order valence-corrected chi connectivity index (χ2v) is 7.58. The molecule has 0 nitrogen and oxygen atoms in total. The summed E-state index contributed by atoms with van der Waals surface area (Å²) in [6, 6.07) is 0. The minimum atomic E-state index is 0.585. The summed E-state index contributed by atoms with van der Waals surface area (Å²) in [6.45, 7) is 4.56. The SMILES string of the molecule is CCCCCCCCSC(S)CCCCCCC. The standard InChI is InChI=1S/C16H34S2/c1-3-5-7-9-11-13-15-18-16(17)14-12-10-8-6-4-2/h16-17H,3-15H2,1-2H3. The minimum Gasteiger partial charge on any atom is -0.165 e. The van der Waals surface area contributed by atoms with Crippen molar-refractivity contribution in [1.29, 1.82) is 0 Å². The summed E-state index contributed by atoms with van der Waals surface area (Å²) >= 11 is 6.74. The predicted molar refractivity (Wildman–Crippen MR) is 92.0 cm³/mol. The van der Waals surface area contributed by atoms with Crippen LogP contribution >= 0.6 is 24.4 Å². The third-order valence-corrected chi connectivity index (χ3v) is 5.21. The monoisotopic (exact) mass is 290 g/mol. The molecule has 0 fully saturated rings. The first-order chi connectivity index (χ1) is 8.81. The molecule has 0 rings (SSSR count). The van der Waals surface area contributed by atoms with E-state index >= 15 is 0 Å². The number of hydrogen-bond acceptors (Lipinski definition) is 2. The van der Waals surface area contributed by atoms with Crippen LogP contribution in [0.15, 0.2) is 0 Å². The molecule has 0 aromatic carbocycles. The molecular formula is C16H34S2. The van der Waals surface area contributed by atoms with Gasteiger partial charge in [0.15, 0.2) is 0 Å². The van der Waals surface area contributed by atoms with Crippen molar-refractivity contribution in [2.75, 3.05) is 5.75 Å². The Hall–Kier alpha value is 0.700. The van der Waals surface area contributed by atoms with E-state index in [4.69, 9.17) is 0 Å². The van der Waals surface area contributed by atoms with Crippen LogP contribution in [0.5, 0.6) is 0 Å². The van der Waals surface area contributed by atoms with Gasteiger partial charge in [-0.1, -0.05) is 78.1 Å². The van der Waals surface area contributed by atoms with Crippen molar-refractivity contribution < 1.29 is 0 Å². The molecule has 18 heavy (non-hydrogen) atoms. The second kappa shape index (κ2) is 15.8. The van der Waals surface area contributed by atoms with Gasteiger partial charge in [-0.25, -0.2) is 0 Å². The third-order valence-electron chi connectivity index (χ3n) is 3.36. The normalized spacial score (nSPS) is 12.8. The maximum atomic E-state index is 4.68. The summed E-state index contributed by atoms with van der Waals surface area (Å²) in [5.41, 5.74) is 0. The zero-order chi connectivity index (χ0) is 13.5. The minimum absolute atomic E-state index is 0.585. The molecule has 0 amide bonds.